The molecule has 0 saturated carbocycles. The van der Waals surface area contributed by atoms with Crippen LogP contribution in [0.5, 0.6) is 23.0 Å². The van der Waals surface area contributed by atoms with Gasteiger partial charge in [0.2, 0.25) is 35.4 Å². The van der Waals surface area contributed by atoms with Crippen LogP contribution in [0.3, 0.4) is 0 Å². The van der Waals surface area contributed by atoms with Crippen LogP contribution < -0.4 is 45.1 Å². The number of imide groups is 1. The summed E-state index contributed by atoms with van der Waals surface area (Å²) >= 11 is 0. The fourth-order valence-electron chi connectivity index (χ4n) is 11.9. The number of likely N-dealkylation sites (tertiary alicyclic amines) is 1. The first-order valence-corrected chi connectivity index (χ1v) is 35.8. The predicted octanol–water partition coefficient (Wildman–Crippen LogP) is 4.99. The summed E-state index contributed by atoms with van der Waals surface area (Å²) in [5, 5.41) is 22.9. The molecule has 3 aromatic carbocycles. The molecule has 1 fully saturated rings. The van der Waals surface area contributed by atoms with Crippen molar-refractivity contribution in [1.29, 1.82) is 0 Å². The van der Waals surface area contributed by atoms with Gasteiger partial charge < -0.3 is 97.8 Å². The van der Waals surface area contributed by atoms with Gasteiger partial charge in [-0.2, -0.15) is 0 Å². The Kier molecular flexibility index (Phi) is 32.9. The molecular formula is C74H101N9O23. The number of rotatable bonds is 46. The van der Waals surface area contributed by atoms with E-state index in [-0.39, 0.29) is 136 Å². The van der Waals surface area contributed by atoms with E-state index >= 15 is 0 Å². The number of carbonyl (C=O) groups is 9. The quantitative estimate of drug-likeness (QED) is 0.0367. The number of carbonyl (C=O) groups excluding carboxylic acids is 9. The summed E-state index contributed by atoms with van der Waals surface area (Å²) in [4.78, 5) is 127. The number of anilines is 2. The third-order valence-corrected chi connectivity index (χ3v) is 17.5. The zero-order valence-electron chi connectivity index (χ0n) is 61.6. The molecule has 5 aliphatic heterocycles. The number of amides is 9. The maximum atomic E-state index is 14.3. The number of ether oxygens (including phenoxy) is 13. The number of hydrogen-bond acceptors (Lipinski definition) is 24. The highest BCUT2D eigenvalue weighted by atomic mass is 16.6. The lowest BCUT2D eigenvalue weighted by Gasteiger charge is -2.31. The van der Waals surface area contributed by atoms with Crippen LogP contribution in [0.15, 0.2) is 77.1 Å². The van der Waals surface area contributed by atoms with E-state index in [1.807, 2.05) is 20.0 Å². The minimum atomic E-state index is -1.55. The molecule has 0 bridgehead atoms. The summed E-state index contributed by atoms with van der Waals surface area (Å²) in [6.07, 6.45) is 4.30. The molecule has 0 aliphatic carbocycles. The third-order valence-electron chi connectivity index (χ3n) is 17.5. The first kappa shape index (κ1) is 82.5. The Morgan fingerprint density at radius 3 is 1.70 bits per heavy atom. The van der Waals surface area contributed by atoms with Gasteiger partial charge in [-0.1, -0.05) is 44.1 Å². The first-order valence-electron chi connectivity index (χ1n) is 35.8. The number of hydrogen-bond donors (Lipinski definition) is 5. The zero-order chi connectivity index (χ0) is 76.1. The lowest BCUT2D eigenvalue weighted by Crippen LogP contribution is -2.53. The summed E-state index contributed by atoms with van der Waals surface area (Å²) in [7, 11) is 2.91. The molecule has 1 saturated heterocycles. The smallest absolute Gasteiger partial charge is 0.416 e. The standard InChI is InChI=1S/C74H101N9O23/c1-47(2)67(79-65(85)15-20-96-22-24-98-26-28-100-30-32-102-34-35-103-33-31-101-29-27-99-25-23-97-21-16-75-64(84)14-17-80-66(86)38-50(5)70(80)89)69(88)77-51(6)68(87)78-53-12-10-52(11-13-53)46-106-74(93)83-58-42-63(61(95-8)40-56(58)72(91)82-45-49(4)37-59(82)73(83)92)105-19-9-18-104-62-41-57-55(39-60(62)94-7)71(90)81-44-48(3)36-54(81)43-76-57/h10-13,39-45,47,50-51,54,59,67,73,92H,9,14-38,46H2,1-8H3,(H,75,84)(H,77,88)(H,78,87)(H,79,85)/t50?,51-,54-,59-,67-,73-/m0/s1. The van der Waals surface area contributed by atoms with E-state index < -0.39 is 54.1 Å². The van der Waals surface area contributed by atoms with Crippen molar-refractivity contribution in [2.24, 2.45) is 16.8 Å². The molecular weight excluding hydrogens is 1380 g/mol. The van der Waals surface area contributed by atoms with Crippen LogP contribution in [0.2, 0.25) is 0 Å². The SMILES string of the molecule is COc1cc2c(cc1OCCCOc1cc3c(cc1OC)C(=O)N1C=C(C)C[C@H]1[C@H](O)N3C(=O)OCc1ccc(NC(=O)[C@H](C)NC(=O)[C@@H](NC(=O)CCOCCOCCOCCOCCOCCOCCOCCOCCNC(=O)CCN3C(=O)CC(C)C3=O)C(C)C)cc1)N=C[C@@H]1CC(C)=CN1C2=O. The molecule has 9 amide bonds. The maximum Gasteiger partial charge on any atom is 0.416 e. The molecule has 5 aliphatic rings. The van der Waals surface area contributed by atoms with E-state index in [1.165, 1.54) is 38.2 Å². The van der Waals surface area contributed by atoms with Crippen LogP contribution in [0, 0.1) is 11.8 Å². The average Bonchev–Trinajstić information content (AvgIpc) is 1.74. The van der Waals surface area contributed by atoms with Gasteiger partial charge in [0.25, 0.3) is 11.8 Å². The van der Waals surface area contributed by atoms with Crippen LogP contribution in [0.4, 0.5) is 21.9 Å². The first-order chi connectivity index (χ1) is 51.1. The Bertz CT molecular complexity index is 3590. The Balaban J connectivity index is 0.650. The van der Waals surface area contributed by atoms with Gasteiger partial charge in [0.1, 0.15) is 18.7 Å². The van der Waals surface area contributed by atoms with Gasteiger partial charge in [-0.25, -0.2) is 9.69 Å². The Hall–Kier alpha value is -9.12. The highest BCUT2D eigenvalue weighted by Crippen LogP contribution is 2.43. The maximum absolute atomic E-state index is 14.3. The molecule has 106 heavy (non-hydrogen) atoms. The van der Waals surface area contributed by atoms with Gasteiger partial charge in [-0.3, -0.25) is 48.2 Å². The van der Waals surface area contributed by atoms with Gasteiger partial charge in [0, 0.05) is 81.1 Å². The van der Waals surface area contributed by atoms with Gasteiger partial charge in [-0.05, 0) is 69.4 Å². The van der Waals surface area contributed by atoms with Gasteiger partial charge in [0.15, 0.2) is 29.2 Å². The number of methoxy groups -OCH3 is 2. The van der Waals surface area contributed by atoms with Crippen LogP contribution in [0.25, 0.3) is 0 Å². The number of benzene rings is 3. The van der Waals surface area contributed by atoms with Gasteiger partial charge >= 0.3 is 6.09 Å². The fourth-order valence-corrected chi connectivity index (χ4v) is 11.9. The van der Waals surface area contributed by atoms with E-state index in [1.54, 1.807) is 74.5 Å². The Labute approximate surface area is 616 Å². The van der Waals surface area contributed by atoms with Crippen LogP contribution in [-0.4, -0.2) is 256 Å². The second kappa shape index (κ2) is 42.3. The van der Waals surface area contributed by atoms with Crippen molar-refractivity contribution in [1.82, 2.24) is 30.7 Å². The lowest BCUT2D eigenvalue weighted by molar-refractivity contribution is -0.139. The van der Waals surface area contributed by atoms with Crippen molar-refractivity contribution < 1.29 is 110 Å². The summed E-state index contributed by atoms with van der Waals surface area (Å²) in [5.41, 5.74) is 3.73. The van der Waals surface area contributed by atoms with Crippen molar-refractivity contribution in [2.75, 3.05) is 156 Å². The van der Waals surface area contributed by atoms with Crippen molar-refractivity contribution in [3.63, 3.8) is 0 Å². The number of nitrogens with zero attached hydrogens (tertiary/aromatic N) is 5. The lowest BCUT2D eigenvalue weighted by atomic mass is 10.0. The largest absolute Gasteiger partial charge is 0.493 e. The van der Waals surface area contributed by atoms with Gasteiger partial charge in [-0.15, -0.1) is 0 Å². The normalized spacial score (nSPS) is 17.9. The minimum Gasteiger partial charge on any atom is -0.493 e. The summed E-state index contributed by atoms with van der Waals surface area (Å²) in [5.74, 6) is -2.42. The fraction of sp³-hybridized carbons (Fsp3) is 0.568. The molecule has 0 spiro atoms. The van der Waals surface area contributed by atoms with E-state index in [9.17, 15) is 48.3 Å². The zero-order valence-corrected chi connectivity index (χ0v) is 61.6. The van der Waals surface area contributed by atoms with Crippen LogP contribution in [0.1, 0.15) is 106 Å². The summed E-state index contributed by atoms with van der Waals surface area (Å²) in [6, 6.07) is 9.69. The molecule has 3 aromatic rings. The minimum absolute atomic E-state index is 0.0164. The molecule has 0 aromatic heterocycles. The molecule has 32 heteroatoms. The monoisotopic (exact) mass is 1480 g/mol. The molecule has 8 rings (SSSR count). The van der Waals surface area contributed by atoms with Crippen LogP contribution in [-0.2, 0) is 78.0 Å². The number of fused-ring (bicyclic) bond motifs is 4. The third kappa shape index (κ3) is 24.2. The van der Waals surface area contributed by atoms with E-state index in [4.69, 9.17) is 61.6 Å². The van der Waals surface area contributed by atoms with Crippen molar-refractivity contribution >= 4 is 76.6 Å². The van der Waals surface area contributed by atoms with E-state index in [0.29, 0.717) is 139 Å². The second-order valence-electron chi connectivity index (χ2n) is 26.1. The Morgan fingerprint density at radius 1 is 0.594 bits per heavy atom. The molecule has 32 nitrogen and oxygen atoms in total. The molecule has 5 heterocycles. The number of nitrogens with one attached hydrogen (secondary N) is 4. The second-order valence-corrected chi connectivity index (χ2v) is 26.1. The molecule has 580 valence electrons. The molecule has 5 N–H and O–H groups in total. The van der Waals surface area contributed by atoms with Crippen molar-refractivity contribution in [3.05, 3.63) is 88.8 Å². The number of aliphatic hydroxyl groups excluding tert-OH is 1. The summed E-state index contributed by atoms with van der Waals surface area (Å²) in [6.45, 7) is 16.4. The highest BCUT2D eigenvalue weighted by Gasteiger charge is 2.45. The van der Waals surface area contributed by atoms with Crippen LogP contribution >= 0.6 is 0 Å². The Morgan fingerprint density at radius 2 is 1.13 bits per heavy atom. The topological polar surface area (TPSA) is 367 Å². The number of aliphatic hydroxyl groups is 1. The van der Waals surface area contributed by atoms with Crippen molar-refractivity contribution in [2.45, 2.75) is 117 Å². The molecule has 6 atom stereocenters. The van der Waals surface area contributed by atoms with E-state index in [0.717, 1.165) is 20.9 Å². The van der Waals surface area contributed by atoms with E-state index in [2.05, 4.69) is 26.3 Å². The summed E-state index contributed by atoms with van der Waals surface area (Å²) < 4.78 is 73.6. The highest BCUT2D eigenvalue weighted by molar-refractivity contribution is 6.07. The molecule has 1 unspecified atom stereocenters. The average molecular weight is 1480 g/mol. The predicted molar refractivity (Wildman–Crippen MR) is 384 cm³/mol. The number of aliphatic imine (C=N–C) groups is 1. The van der Waals surface area contributed by atoms with Gasteiger partial charge in [0.05, 0.1) is 168 Å². The van der Waals surface area contributed by atoms with Crippen molar-refractivity contribution in [3.8, 4) is 23.0 Å². The molecule has 0 radical (unpaired) electrons.